The summed E-state index contributed by atoms with van der Waals surface area (Å²) in [6.07, 6.45) is -78.4. The van der Waals surface area contributed by atoms with E-state index in [0.717, 1.165) is 0 Å². The van der Waals surface area contributed by atoms with Gasteiger partial charge in [-0.05, 0) is 0 Å². The minimum atomic E-state index is -2.26. The maximum atomic E-state index is 11.4. The van der Waals surface area contributed by atoms with Crippen LogP contribution in [-0.2, 0) is 71.1 Å². The topological polar surface area (TPSA) is 664 Å². The highest BCUT2D eigenvalue weighted by Crippen LogP contribution is 2.39. The average molecular weight is 1320 g/mol. The van der Waals surface area contributed by atoms with Crippen LogP contribution in [0.2, 0.25) is 0 Å². The Bertz CT molecular complexity index is 2120. The molecule has 26 N–H and O–H groups in total. The fourth-order valence-corrected chi connectivity index (χ4v) is 11.5. The SMILES string of the molecule is OC[C@H]1OC(O[C@H]2[C@H](O)[C@@H](O)C(O[C@H]3[C@H](O)[C@@H](O)C(O[C@H]4[C@H](O)[C@@H](O)C(O[C@H]5[C@H](O)[C@@H](O)C(O[C@H]6[C@H](O)[C@@H](O)C(O[C@H]7[C@H](O)[C@@H](O)C(O[C@H]8[C@H](O)[C@@H](O)C(O)O[C@@H]8CO)O[C@@H]7CO)O[C@@H]6CO)O[C@@H]5CO)O[C@@H]4CO)O[C@@H]3CO)O[C@@H]2CO)[C@H](O)[C@@H](O)[C@@H]1O. The van der Waals surface area contributed by atoms with E-state index in [4.69, 9.17) is 71.1 Å². The zero-order valence-electron chi connectivity index (χ0n) is 46.5. The van der Waals surface area contributed by atoms with Gasteiger partial charge in [0.2, 0.25) is 0 Å². The summed E-state index contributed by atoms with van der Waals surface area (Å²) in [5, 5.41) is 277. The minimum Gasteiger partial charge on any atom is -0.394 e. The Morgan fingerprint density at radius 1 is 0.169 bits per heavy atom. The molecule has 0 saturated carbocycles. The predicted molar refractivity (Wildman–Crippen MR) is 264 cm³/mol. The Morgan fingerprint density at radius 2 is 0.326 bits per heavy atom. The van der Waals surface area contributed by atoms with E-state index in [0.29, 0.717) is 0 Å². The smallest absolute Gasteiger partial charge is 0.187 e. The monoisotopic (exact) mass is 1310 g/mol. The molecule has 0 amide bonds. The van der Waals surface area contributed by atoms with Gasteiger partial charge in [-0.15, -0.1) is 0 Å². The summed E-state index contributed by atoms with van der Waals surface area (Å²) in [6, 6.07) is 0. The molecule has 0 radical (unpaired) electrons. The molecule has 8 rings (SSSR count). The summed E-state index contributed by atoms with van der Waals surface area (Å²) in [7, 11) is 0. The highest BCUT2D eigenvalue weighted by Gasteiger charge is 2.59. The zero-order valence-corrected chi connectivity index (χ0v) is 46.5. The number of rotatable bonds is 22. The van der Waals surface area contributed by atoms with E-state index < -0.39 is 299 Å². The lowest BCUT2D eigenvalue weighted by molar-refractivity contribution is -0.399. The van der Waals surface area contributed by atoms with Crippen LogP contribution in [-0.4, -0.2) is 431 Å². The summed E-state index contributed by atoms with van der Waals surface area (Å²) in [5.41, 5.74) is 0. The average Bonchev–Trinajstić information content (AvgIpc) is 1.20. The van der Waals surface area contributed by atoms with Gasteiger partial charge in [-0.3, -0.25) is 0 Å². The third-order valence-corrected chi connectivity index (χ3v) is 16.7. The van der Waals surface area contributed by atoms with Gasteiger partial charge in [-0.2, -0.15) is 0 Å². The summed E-state index contributed by atoms with van der Waals surface area (Å²) in [6.45, 7) is -8.07. The van der Waals surface area contributed by atoms with Gasteiger partial charge in [-0.25, -0.2) is 0 Å². The van der Waals surface area contributed by atoms with Crippen LogP contribution < -0.4 is 0 Å². The van der Waals surface area contributed by atoms with Gasteiger partial charge in [0.15, 0.2) is 50.3 Å². The summed E-state index contributed by atoms with van der Waals surface area (Å²) in [4.78, 5) is 0. The molecule has 0 aromatic carbocycles. The third kappa shape index (κ3) is 15.0. The second-order valence-corrected chi connectivity index (χ2v) is 22.4. The Balaban J connectivity index is 0.850. The fourth-order valence-electron chi connectivity index (χ4n) is 11.5. The van der Waals surface area contributed by atoms with E-state index in [-0.39, 0.29) is 0 Å². The van der Waals surface area contributed by atoms with Crippen molar-refractivity contribution in [2.75, 3.05) is 52.9 Å². The molecule has 520 valence electrons. The van der Waals surface area contributed by atoms with Crippen LogP contribution in [0, 0.1) is 0 Å². The second-order valence-electron chi connectivity index (χ2n) is 22.4. The third-order valence-electron chi connectivity index (χ3n) is 16.7. The molecular weight excluding hydrogens is 1230 g/mol. The Labute approximate surface area is 501 Å². The summed E-state index contributed by atoms with van der Waals surface area (Å²) in [5.74, 6) is 0. The van der Waals surface area contributed by atoms with Crippen LogP contribution in [0.25, 0.3) is 0 Å². The first-order chi connectivity index (χ1) is 42.2. The van der Waals surface area contributed by atoms with Crippen molar-refractivity contribution >= 4 is 0 Å². The van der Waals surface area contributed by atoms with Gasteiger partial charge in [0.25, 0.3) is 0 Å². The Kier molecular flexibility index (Phi) is 25.9. The normalized spacial score (nSPS) is 53.6. The molecule has 0 bridgehead atoms. The highest BCUT2D eigenvalue weighted by atomic mass is 16.8. The molecule has 8 fully saturated rings. The Morgan fingerprint density at radius 3 is 0.517 bits per heavy atom. The van der Waals surface area contributed by atoms with Crippen molar-refractivity contribution in [2.24, 2.45) is 0 Å². The second kappa shape index (κ2) is 31.5. The van der Waals surface area contributed by atoms with Crippen molar-refractivity contribution in [1.29, 1.82) is 0 Å². The lowest BCUT2D eigenvalue weighted by Crippen LogP contribution is -2.68. The van der Waals surface area contributed by atoms with Crippen molar-refractivity contribution in [3.63, 3.8) is 0 Å². The lowest BCUT2D eigenvalue weighted by atomic mass is 9.95. The van der Waals surface area contributed by atoms with Crippen molar-refractivity contribution < 1.29 is 204 Å². The van der Waals surface area contributed by atoms with Crippen molar-refractivity contribution in [3.8, 4) is 0 Å². The first-order valence-corrected chi connectivity index (χ1v) is 28.2. The molecule has 0 aromatic heterocycles. The molecule has 0 aromatic rings. The van der Waals surface area contributed by atoms with E-state index in [9.17, 15) is 133 Å². The first-order valence-electron chi connectivity index (χ1n) is 28.2. The van der Waals surface area contributed by atoms with Crippen molar-refractivity contribution in [3.05, 3.63) is 0 Å². The highest BCUT2D eigenvalue weighted by molar-refractivity contribution is 5.02. The molecular formula is C48H82O41. The molecule has 40 atom stereocenters. The standard InChI is InChI=1S/C48H82O41/c49-1-9-17(57)18(58)27(67)42(76-9)84-35-11(3-51)78-44(29(69)20(35)60)86-37-13(5-53)80-46(31(71)22(37)62)88-39-15(7-55)82-48(33(73)24(39)64)89-40-16(8-56)81-47(32(72)25(40)65)87-38-14(6-54)79-45(30(70)23(38)63)85-36-12(4-52)77-43(28(68)21(36)61)83-34-10(2-50)75-41(74)26(66)19(34)59/h9-74H,1-8H2/t9-,10-,11-,12-,13-,14-,15-,16-,17-,18+,19-,20-,21-,22-,23-,24-,25-,26-,27-,28-,29-,30-,31-,32-,33-,34-,35-,36-,37-,38-,39-,40-,41?,42?,43?,44?,45?,46?,47?,48?/m1/s1. The maximum Gasteiger partial charge on any atom is 0.187 e. The molecule has 8 aliphatic rings. The largest absolute Gasteiger partial charge is 0.394 e. The first kappa shape index (κ1) is 73.2. The van der Waals surface area contributed by atoms with Crippen LogP contribution in [0.15, 0.2) is 0 Å². The van der Waals surface area contributed by atoms with Gasteiger partial charge in [0.05, 0.1) is 52.9 Å². The van der Waals surface area contributed by atoms with Crippen LogP contribution in [0.4, 0.5) is 0 Å². The minimum absolute atomic E-state index is 0.854. The quantitative estimate of drug-likeness (QED) is 0.0479. The van der Waals surface area contributed by atoms with E-state index in [1.807, 2.05) is 0 Å². The van der Waals surface area contributed by atoms with E-state index in [2.05, 4.69) is 0 Å². The zero-order chi connectivity index (χ0) is 65.4. The Hall–Kier alpha value is -1.64. The number of hydrogen-bond acceptors (Lipinski definition) is 41. The van der Waals surface area contributed by atoms with Gasteiger partial charge in [-0.1, -0.05) is 0 Å². The predicted octanol–water partition coefficient (Wildman–Crippen LogP) is -18.5. The van der Waals surface area contributed by atoms with Crippen LogP contribution >= 0.6 is 0 Å². The molecule has 41 heteroatoms. The van der Waals surface area contributed by atoms with Crippen LogP contribution in [0.5, 0.6) is 0 Å². The summed E-state index contributed by atoms with van der Waals surface area (Å²) < 4.78 is 83.4. The molecule has 41 nitrogen and oxygen atoms in total. The van der Waals surface area contributed by atoms with Crippen molar-refractivity contribution in [1.82, 2.24) is 0 Å². The van der Waals surface area contributed by atoms with Gasteiger partial charge in [0, 0.05) is 0 Å². The molecule has 0 aliphatic carbocycles. The van der Waals surface area contributed by atoms with Gasteiger partial charge < -0.3 is 204 Å². The van der Waals surface area contributed by atoms with Gasteiger partial charge >= 0.3 is 0 Å². The molecule has 8 aliphatic heterocycles. The van der Waals surface area contributed by atoms with E-state index in [1.165, 1.54) is 0 Å². The number of hydrogen-bond donors (Lipinski definition) is 26. The molecule has 8 heterocycles. The maximum absolute atomic E-state index is 11.4. The fraction of sp³-hybridized carbons (Fsp3) is 1.00. The molecule has 89 heavy (non-hydrogen) atoms. The number of ether oxygens (including phenoxy) is 15. The van der Waals surface area contributed by atoms with Gasteiger partial charge in [0.1, 0.15) is 195 Å². The van der Waals surface area contributed by atoms with Crippen molar-refractivity contribution in [2.45, 2.75) is 246 Å². The van der Waals surface area contributed by atoms with Crippen LogP contribution in [0.3, 0.4) is 0 Å². The number of aliphatic hydroxyl groups is 26. The summed E-state index contributed by atoms with van der Waals surface area (Å²) >= 11 is 0. The van der Waals surface area contributed by atoms with E-state index >= 15 is 0 Å². The molecule has 8 saturated heterocycles. The van der Waals surface area contributed by atoms with E-state index in [1.54, 1.807) is 0 Å². The molecule has 0 spiro atoms. The molecule has 8 unspecified atom stereocenters. The number of aliphatic hydroxyl groups excluding tert-OH is 26. The lowest BCUT2D eigenvalue weighted by Gasteiger charge is -2.50. The van der Waals surface area contributed by atoms with Crippen LogP contribution in [0.1, 0.15) is 0 Å².